The Balaban J connectivity index is 1.69. The van der Waals surface area contributed by atoms with Crippen LogP contribution in [0.1, 0.15) is 34.8 Å². The molecule has 31 heavy (non-hydrogen) atoms. The van der Waals surface area contributed by atoms with Gasteiger partial charge in [-0.15, -0.1) is 10.2 Å². The fourth-order valence-corrected chi connectivity index (χ4v) is 3.53. The molecule has 0 unspecified atom stereocenters. The van der Waals surface area contributed by atoms with Gasteiger partial charge in [0.15, 0.2) is 5.82 Å². The fraction of sp³-hybridized carbons (Fsp3) is 0.192. The molecule has 0 saturated carbocycles. The molecule has 0 aliphatic carbocycles. The largest absolute Gasteiger partial charge is 0.462 e. The highest BCUT2D eigenvalue weighted by atomic mass is 16.5. The van der Waals surface area contributed by atoms with Gasteiger partial charge in [-0.25, -0.2) is 4.79 Å². The van der Waals surface area contributed by atoms with Crippen LogP contribution >= 0.6 is 0 Å². The fourth-order valence-electron chi connectivity index (χ4n) is 3.53. The van der Waals surface area contributed by atoms with E-state index in [1.54, 1.807) is 12.1 Å². The molecule has 1 N–H and O–H groups in total. The van der Waals surface area contributed by atoms with Gasteiger partial charge in [-0.2, -0.15) is 0 Å². The van der Waals surface area contributed by atoms with E-state index in [1.807, 2.05) is 43.3 Å². The van der Waals surface area contributed by atoms with Crippen molar-refractivity contribution in [3.8, 4) is 11.3 Å². The van der Waals surface area contributed by atoms with Crippen molar-refractivity contribution in [1.29, 1.82) is 0 Å². The van der Waals surface area contributed by atoms with Gasteiger partial charge < -0.3 is 10.1 Å². The van der Waals surface area contributed by atoms with E-state index in [0.29, 0.717) is 18.0 Å². The number of ether oxygens (including phenoxy) is 1. The average Bonchev–Trinajstić information content (AvgIpc) is 2.79. The number of anilines is 2. The van der Waals surface area contributed by atoms with Crippen LogP contribution in [-0.2, 0) is 4.74 Å². The molecule has 0 aliphatic heterocycles. The standard InChI is InChI=1S/C26H25N3O2/c1-4-15-31-26(30)20-12-10-19(11-13-20)24-21-7-5-6-8-22(21)25(29-28-24)27-23-14-9-17(2)16-18(23)3/h5-14,16H,4,15H2,1-3H3,(H,27,29). The number of carbonyl (C=O) groups is 1. The summed E-state index contributed by atoms with van der Waals surface area (Å²) in [4.78, 5) is 12.1. The second-order valence-electron chi connectivity index (χ2n) is 7.60. The summed E-state index contributed by atoms with van der Waals surface area (Å²) in [6.07, 6.45) is 0.800. The van der Waals surface area contributed by atoms with Crippen molar-refractivity contribution in [2.45, 2.75) is 27.2 Å². The Bertz CT molecular complexity index is 1230. The molecule has 4 aromatic rings. The van der Waals surface area contributed by atoms with E-state index >= 15 is 0 Å². The highest BCUT2D eigenvalue weighted by Crippen LogP contribution is 2.32. The first kappa shape index (κ1) is 20.5. The number of aromatic nitrogens is 2. The minimum absolute atomic E-state index is 0.308. The zero-order valence-electron chi connectivity index (χ0n) is 18.0. The molecule has 4 rings (SSSR count). The van der Waals surface area contributed by atoms with Gasteiger partial charge in [0.25, 0.3) is 0 Å². The summed E-state index contributed by atoms with van der Waals surface area (Å²) in [6.45, 7) is 6.55. The van der Waals surface area contributed by atoms with E-state index < -0.39 is 0 Å². The summed E-state index contributed by atoms with van der Waals surface area (Å²) in [7, 11) is 0. The normalized spacial score (nSPS) is 10.8. The molecule has 5 nitrogen and oxygen atoms in total. The molecule has 156 valence electrons. The smallest absolute Gasteiger partial charge is 0.338 e. The van der Waals surface area contributed by atoms with Crippen LogP contribution in [0, 0.1) is 13.8 Å². The van der Waals surface area contributed by atoms with E-state index in [9.17, 15) is 4.79 Å². The lowest BCUT2D eigenvalue weighted by Crippen LogP contribution is -2.05. The molecule has 1 aromatic heterocycles. The van der Waals surface area contributed by atoms with Gasteiger partial charge >= 0.3 is 5.97 Å². The van der Waals surface area contributed by atoms with Crippen LogP contribution in [-0.4, -0.2) is 22.8 Å². The number of nitrogens with one attached hydrogen (secondary N) is 1. The van der Waals surface area contributed by atoms with Crippen LogP contribution in [0.25, 0.3) is 22.0 Å². The van der Waals surface area contributed by atoms with Gasteiger partial charge in [-0.1, -0.05) is 61.0 Å². The van der Waals surface area contributed by atoms with E-state index in [0.717, 1.165) is 39.7 Å². The Morgan fingerprint density at radius 1 is 0.935 bits per heavy atom. The highest BCUT2D eigenvalue weighted by molar-refractivity contribution is 6.01. The minimum Gasteiger partial charge on any atom is -0.462 e. The van der Waals surface area contributed by atoms with Crippen molar-refractivity contribution in [1.82, 2.24) is 10.2 Å². The van der Waals surface area contributed by atoms with Gasteiger partial charge in [0.2, 0.25) is 0 Å². The third kappa shape index (κ3) is 4.40. The lowest BCUT2D eigenvalue weighted by atomic mass is 10.0. The van der Waals surface area contributed by atoms with Crippen molar-refractivity contribution >= 4 is 28.2 Å². The average molecular weight is 412 g/mol. The minimum atomic E-state index is -0.308. The van der Waals surface area contributed by atoms with Gasteiger partial charge in [-0.3, -0.25) is 0 Å². The van der Waals surface area contributed by atoms with Gasteiger partial charge in [-0.05, 0) is 44.0 Å². The van der Waals surface area contributed by atoms with Gasteiger partial charge in [0.1, 0.15) is 5.69 Å². The van der Waals surface area contributed by atoms with Gasteiger partial charge in [0, 0.05) is 22.0 Å². The molecule has 0 spiro atoms. The number of hydrogen-bond donors (Lipinski definition) is 1. The zero-order valence-corrected chi connectivity index (χ0v) is 18.0. The lowest BCUT2D eigenvalue weighted by molar-refractivity contribution is 0.0505. The summed E-state index contributed by atoms with van der Waals surface area (Å²) in [5.74, 6) is 0.406. The van der Waals surface area contributed by atoms with Crippen LogP contribution in [0.5, 0.6) is 0 Å². The van der Waals surface area contributed by atoms with Crippen LogP contribution in [0.4, 0.5) is 11.5 Å². The Morgan fingerprint density at radius 3 is 2.39 bits per heavy atom. The van der Waals surface area contributed by atoms with Crippen molar-refractivity contribution in [3.05, 3.63) is 83.4 Å². The Morgan fingerprint density at radius 2 is 1.68 bits per heavy atom. The van der Waals surface area contributed by atoms with Crippen LogP contribution in [0.3, 0.4) is 0 Å². The number of fused-ring (bicyclic) bond motifs is 1. The van der Waals surface area contributed by atoms with Gasteiger partial charge in [0.05, 0.1) is 12.2 Å². The maximum atomic E-state index is 12.1. The third-order valence-corrected chi connectivity index (χ3v) is 5.15. The van der Waals surface area contributed by atoms with E-state index in [2.05, 4.69) is 47.6 Å². The molecule has 0 atom stereocenters. The predicted octanol–water partition coefficient (Wildman–Crippen LogP) is 6.22. The lowest BCUT2D eigenvalue weighted by Gasteiger charge is -2.13. The SMILES string of the molecule is CCCOC(=O)c1ccc(-c2nnc(Nc3ccc(C)cc3C)c3ccccc23)cc1. The molecule has 0 saturated heterocycles. The summed E-state index contributed by atoms with van der Waals surface area (Å²) in [6, 6.07) is 21.6. The number of esters is 1. The quantitative estimate of drug-likeness (QED) is 0.381. The van der Waals surface area contributed by atoms with Crippen LogP contribution in [0.2, 0.25) is 0 Å². The first-order valence-corrected chi connectivity index (χ1v) is 10.4. The predicted molar refractivity (Wildman–Crippen MR) is 125 cm³/mol. The van der Waals surface area contributed by atoms with E-state index in [4.69, 9.17) is 4.74 Å². The molecule has 0 bridgehead atoms. The molecule has 0 aliphatic rings. The maximum Gasteiger partial charge on any atom is 0.338 e. The van der Waals surface area contributed by atoms with E-state index in [1.165, 1.54) is 5.56 Å². The van der Waals surface area contributed by atoms with Crippen LogP contribution in [0.15, 0.2) is 66.7 Å². The Kier molecular flexibility index (Phi) is 5.94. The Hall–Kier alpha value is -3.73. The highest BCUT2D eigenvalue weighted by Gasteiger charge is 2.13. The first-order chi connectivity index (χ1) is 15.1. The second-order valence-corrected chi connectivity index (χ2v) is 7.60. The summed E-state index contributed by atoms with van der Waals surface area (Å²) < 4.78 is 5.21. The summed E-state index contributed by atoms with van der Waals surface area (Å²) >= 11 is 0. The monoisotopic (exact) mass is 411 g/mol. The van der Waals surface area contributed by atoms with Crippen molar-refractivity contribution < 1.29 is 9.53 Å². The van der Waals surface area contributed by atoms with Crippen molar-refractivity contribution in [2.24, 2.45) is 0 Å². The second kappa shape index (κ2) is 8.96. The van der Waals surface area contributed by atoms with Crippen molar-refractivity contribution in [3.63, 3.8) is 0 Å². The molecule has 3 aromatic carbocycles. The number of rotatable bonds is 6. The molecular weight excluding hydrogens is 386 g/mol. The number of hydrogen-bond acceptors (Lipinski definition) is 5. The summed E-state index contributed by atoms with van der Waals surface area (Å²) in [5.41, 5.74) is 5.58. The molecule has 1 heterocycles. The molecule has 0 fully saturated rings. The Labute approximate surface area is 182 Å². The summed E-state index contributed by atoms with van der Waals surface area (Å²) in [5, 5.41) is 14.4. The van der Waals surface area contributed by atoms with Crippen LogP contribution < -0.4 is 5.32 Å². The zero-order chi connectivity index (χ0) is 21.8. The first-order valence-electron chi connectivity index (χ1n) is 10.4. The molecular formula is C26H25N3O2. The topological polar surface area (TPSA) is 64.1 Å². The number of nitrogens with zero attached hydrogens (tertiary/aromatic N) is 2. The van der Waals surface area contributed by atoms with E-state index in [-0.39, 0.29) is 5.97 Å². The molecule has 0 radical (unpaired) electrons. The molecule has 5 heteroatoms. The molecule has 0 amide bonds. The number of benzene rings is 3. The third-order valence-electron chi connectivity index (χ3n) is 5.15. The number of aryl methyl sites for hydroxylation is 2. The number of carbonyl (C=O) groups excluding carboxylic acids is 1. The van der Waals surface area contributed by atoms with Crippen molar-refractivity contribution in [2.75, 3.05) is 11.9 Å². The maximum absolute atomic E-state index is 12.1.